The van der Waals surface area contributed by atoms with Crippen molar-refractivity contribution in [3.8, 4) is 5.75 Å². The Balaban J connectivity index is 2.24. The fraction of sp³-hybridized carbons (Fsp3) is 0.214. The molecule has 1 aromatic carbocycles. The van der Waals surface area contributed by atoms with E-state index in [4.69, 9.17) is 27.9 Å². The molecule has 0 saturated carbocycles. The van der Waals surface area contributed by atoms with E-state index >= 15 is 0 Å². The first-order chi connectivity index (χ1) is 8.59. The lowest BCUT2D eigenvalue weighted by Crippen LogP contribution is -2.00. The Bertz CT molecular complexity index is 529. The average molecular weight is 282 g/mol. The van der Waals surface area contributed by atoms with Crippen LogP contribution in [0.2, 0.25) is 10.0 Å². The molecule has 0 N–H and O–H groups in total. The van der Waals surface area contributed by atoms with E-state index in [1.54, 1.807) is 0 Å². The summed E-state index contributed by atoms with van der Waals surface area (Å²) in [5.41, 5.74) is 2.51. The van der Waals surface area contributed by atoms with Gasteiger partial charge >= 0.3 is 0 Å². The van der Waals surface area contributed by atoms with Gasteiger partial charge in [-0.3, -0.25) is 4.98 Å². The molecule has 4 heteroatoms. The number of hydrogen-bond donors (Lipinski definition) is 0. The molecule has 18 heavy (non-hydrogen) atoms. The molecule has 0 aliphatic rings. The summed E-state index contributed by atoms with van der Waals surface area (Å²) in [6, 6.07) is 9.87. The molecule has 2 rings (SSSR count). The highest BCUT2D eigenvalue weighted by Crippen LogP contribution is 2.36. The third-order valence-electron chi connectivity index (χ3n) is 2.60. The van der Waals surface area contributed by atoms with Crippen molar-refractivity contribution in [2.24, 2.45) is 0 Å². The summed E-state index contributed by atoms with van der Waals surface area (Å²) in [6.07, 6.45) is 0. The van der Waals surface area contributed by atoms with Crippen LogP contribution in [0, 0.1) is 13.8 Å². The predicted octanol–water partition coefficient (Wildman–Crippen LogP) is 4.58. The maximum Gasteiger partial charge on any atom is 0.160 e. The van der Waals surface area contributed by atoms with Crippen molar-refractivity contribution in [1.82, 2.24) is 4.98 Å². The van der Waals surface area contributed by atoms with Gasteiger partial charge in [-0.25, -0.2) is 0 Å². The Kier molecular flexibility index (Phi) is 4.10. The Labute approximate surface area is 117 Å². The van der Waals surface area contributed by atoms with Crippen LogP contribution in [0.3, 0.4) is 0 Å². The van der Waals surface area contributed by atoms with Crippen LogP contribution < -0.4 is 4.74 Å². The molecule has 0 aliphatic heterocycles. The van der Waals surface area contributed by atoms with Gasteiger partial charge in [-0.05, 0) is 19.4 Å². The highest BCUT2D eigenvalue weighted by molar-refractivity contribution is 6.37. The Morgan fingerprint density at radius 3 is 2.11 bits per heavy atom. The number of ether oxygens (including phenoxy) is 1. The van der Waals surface area contributed by atoms with Crippen LogP contribution >= 0.6 is 23.2 Å². The van der Waals surface area contributed by atoms with E-state index in [9.17, 15) is 0 Å². The molecule has 0 unspecified atom stereocenters. The molecule has 0 spiro atoms. The zero-order chi connectivity index (χ0) is 13.1. The van der Waals surface area contributed by atoms with E-state index in [0.717, 1.165) is 17.0 Å². The van der Waals surface area contributed by atoms with Crippen LogP contribution in [-0.2, 0) is 6.61 Å². The second kappa shape index (κ2) is 5.59. The van der Waals surface area contributed by atoms with Crippen LogP contribution in [0.5, 0.6) is 5.75 Å². The second-order valence-electron chi connectivity index (χ2n) is 4.01. The van der Waals surface area contributed by atoms with Crippen LogP contribution in [0.25, 0.3) is 0 Å². The standard InChI is InChI=1S/C14H13Cl2NO/c1-9-12(15)14(13(16)10(2)17-9)18-8-11-6-4-3-5-7-11/h3-7H,8H2,1-2H3. The minimum atomic E-state index is 0.434. The SMILES string of the molecule is Cc1nc(C)c(Cl)c(OCc2ccccc2)c1Cl. The molecule has 1 heterocycles. The van der Waals surface area contributed by atoms with Crippen molar-refractivity contribution in [2.75, 3.05) is 0 Å². The lowest BCUT2D eigenvalue weighted by atomic mass is 10.2. The predicted molar refractivity (Wildman–Crippen MR) is 74.5 cm³/mol. The number of aryl methyl sites for hydroxylation is 2. The van der Waals surface area contributed by atoms with Crippen molar-refractivity contribution in [3.05, 3.63) is 57.3 Å². The fourth-order valence-electron chi connectivity index (χ4n) is 1.63. The van der Waals surface area contributed by atoms with Gasteiger partial charge in [0.2, 0.25) is 0 Å². The van der Waals surface area contributed by atoms with E-state index in [1.807, 2.05) is 44.2 Å². The lowest BCUT2D eigenvalue weighted by Gasteiger charge is -2.12. The van der Waals surface area contributed by atoms with Crippen molar-refractivity contribution >= 4 is 23.2 Å². The third kappa shape index (κ3) is 2.77. The monoisotopic (exact) mass is 281 g/mol. The summed E-state index contributed by atoms with van der Waals surface area (Å²) in [5.74, 6) is 0.507. The summed E-state index contributed by atoms with van der Waals surface area (Å²) in [5, 5.41) is 0.947. The Morgan fingerprint density at radius 2 is 1.56 bits per heavy atom. The highest BCUT2D eigenvalue weighted by atomic mass is 35.5. The first-order valence-corrected chi connectivity index (χ1v) is 6.34. The van der Waals surface area contributed by atoms with Crippen molar-refractivity contribution in [2.45, 2.75) is 20.5 Å². The first kappa shape index (κ1) is 13.2. The molecular weight excluding hydrogens is 269 g/mol. The van der Waals surface area contributed by atoms with Gasteiger partial charge in [-0.1, -0.05) is 53.5 Å². The summed E-state index contributed by atoms with van der Waals surface area (Å²) < 4.78 is 5.71. The van der Waals surface area contributed by atoms with Crippen LogP contribution in [0.15, 0.2) is 30.3 Å². The molecule has 0 radical (unpaired) electrons. The number of rotatable bonds is 3. The molecule has 0 bridgehead atoms. The molecule has 0 saturated heterocycles. The molecular formula is C14H13Cl2NO. The Hall–Kier alpha value is -1.25. The van der Waals surface area contributed by atoms with Gasteiger partial charge in [0.25, 0.3) is 0 Å². The molecule has 94 valence electrons. The molecule has 0 aliphatic carbocycles. The van der Waals surface area contributed by atoms with Gasteiger partial charge in [-0.2, -0.15) is 0 Å². The minimum absolute atomic E-state index is 0.434. The number of aromatic nitrogens is 1. The fourth-order valence-corrected chi connectivity index (χ4v) is 2.06. The average Bonchev–Trinajstić information content (AvgIpc) is 2.38. The van der Waals surface area contributed by atoms with Gasteiger partial charge in [0, 0.05) is 0 Å². The highest BCUT2D eigenvalue weighted by Gasteiger charge is 2.14. The quantitative estimate of drug-likeness (QED) is 0.821. The van der Waals surface area contributed by atoms with Crippen LogP contribution in [0.1, 0.15) is 17.0 Å². The van der Waals surface area contributed by atoms with Gasteiger partial charge < -0.3 is 4.74 Å². The zero-order valence-electron chi connectivity index (χ0n) is 10.2. The maximum atomic E-state index is 6.16. The zero-order valence-corrected chi connectivity index (χ0v) is 11.7. The maximum absolute atomic E-state index is 6.16. The molecule has 0 amide bonds. The van der Waals surface area contributed by atoms with E-state index in [1.165, 1.54) is 0 Å². The lowest BCUT2D eigenvalue weighted by molar-refractivity contribution is 0.306. The Morgan fingerprint density at radius 1 is 1.00 bits per heavy atom. The minimum Gasteiger partial charge on any atom is -0.486 e. The third-order valence-corrected chi connectivity index (χ3v) is 3.49. The van der Waals surface area contributed by atoms with E-state index < -0.39 is 0 Å². The molecule has 1 aromatic heterocycles. The van der Waals surface area contributed by atoms with Crippen molar-refractivity contribution < 1.29 is 4.74 Å². The van der Waals surface area contributed by atoms with Gasteiger partial charge in [0.1, 0.15) is 16.7 Å². The number of halogens is 2. The number of pyridine rings is 1. The molecule has 0 atom stereocenters. The number of hydrogen-bond acceptors (Lipinski definition) is 2. The second-order valence-corrected chi connectivity index (χ2v) is 4.77. The first-order valence-electron chi connectivity index (χ1n) is 5.58. The van der Waals surface area contributed by atoms with Crippen LogP contribution in [-0.4, -0.2) is 4.98 Å². The number of benzene rings is 1. The van der Waals surface area contributed by atoms with Gasteiger partial charge in [0.15, 0.2) is 5.75 Å². The van der Waals surface area contributed by atoms with E-state index in [-0.39, 0.29) is 0 Å². The molecule has 0 fully saturated rings. The van der Waals surface area contributed by atoms with Crippen molar-refractivity contribution in [3.63, 3.8) is 0 Å². The van der Waals surface area contributed by atoms with E-state index in [0.29, 0.717) is 22.4 Å². The van der Waals surface area contributed by atoms with Crippen molar-refractivity contribution in [1.29, 1.82) is 0 Å². The summed E-state index contributed by atoms with van der Waals surface area (Å²) in [4.78, 5) is 4.24. The summed E-state index contributed by atoms with van der Waals surface area (Å²) >= 11 is 12.3. The molecule has 2 nitrogen and oxygen atoms in total. The normalized spacial score (nSPS) is 10.4. The topological polar surface area (TPSA) is 22.1 Å². The van der Waals surface area contributed by atoms with E-state index in [2.05, 4.69) is 4.98 Å². The molecule has 2 aromatic rings. The largest absolute Gasteiger partial charge is 0.486 e. The van der Waals surface area contributed by atoms with Gasteiger partial charge in [-0.15, -0.1) is 0 Å². The summed E-state index contributed by atoms with van der Waals surface area (Å²) in [6.45, 7) is 4.10. The van der Waals surface area contributed by atoms with Crippen LogP contribution in [0.4, 0.5) is 0 Å². The smallest absolute Gasteiger partial charge is 0.160 e. The number of nitrogens with zero attached hydrogens (tertiary/aromatic N) is 1. The van der Waals surface area contributed by atoms with Gasteiger partial charge in [0.05, 0.1) is 11.4 Å². The summed E-state index contributed by atoms with van der Waals surface area (Å²) in [7, 11) is 0.